The number of anilines is 2. The van der Waals surface area contributed by atoms with Gasteiger partial charge in [0.05, 0.1) is 18.0 Å². The van der Waals surface area contributed by atoms with Gasteiger partial charge < -0.3 is 20.5 Å². The maximum atomic E-state index is 11.3. The van der Waals surface area contributed by atoms with Crippen LogP contribution in [0.5, 0.6) is 11.5 Å². The van der Waals surface area contributed by atoms with E-state index in [1.165, 1.54) is 19.3 Å². The van der Waals surface area contributed by atoms with Gasteiger partial charge in [0.25, 0.3) is 5.91 Å². The fourth-order valence-corrected chi connectivity index (χ4v) is 2.36. The Labute approximate surface area is 112 Å². The van der Waals surface area contributed by atoms with Crippen molar-refractivity contribution < 1.29 is 14.3 Å². The Morgan fingerprint density at radius 3 is 3.00 bits per heavy atom. The van der Waals surface area contributed by atoms with Gasteiger partial charge in [-0.2, -0.15) is 0 Å². The van der Waals surface area contributed by atoms with Gasteiger partial charge >= 0.3 is 0 Å². The van der Waals surface area contributed by atoms with Crippen LogP contribution in [0.2, 0.25) is 0 Å². The molecule has 1 heterocycles. The van der Waals surface area contributed by atoms with E-state index in [2.05, 4.69) is 5.32 Å². The van der Waals surface area contributed by atoms with Gasteiger partial charge in [-0.25, -0.2) is 0 Å². The van der Waals surface area contributed by atoms with Crippen LogP contribution in [0.25, 0.3) is 0 Å². The Bertz CT molecular complexity index is 498. The van der Waals surface area contributed by atoms with Crippen molar-refractivity contribution in [1.82, 2.24) is 0 Å². The Morgan fingerprint density at radius 2 is 2.26 bits per heavy atom. The van der Waals surface area contributed by atoms with E-state index in [0.29, 0.717) is 29.5 Å². The summed E-state index contributed by atoms with van der Waals surface area (Å²) in [6.45, 7) is 0.705. The van der Waals surface area contributed by atoms with E-state index in [1.807, 2.05) is 0 Å². The molecule has 1 aromatic carbocycles. The van der Waals surface area contributed by atoms with E-state index in [1.54, 1.807) is 12.1 Å². The van der Waals surface area contributed by atoms with Crippen molar-refractivity contribution in [3.8, 4) is 11.5 Å². The van der Waals surface area contributed by atoms with Crippen LogP contribution in [0, 0.1) is 5.92 Å². The third-order valence-electron chi connectivity index (χ3n) is 3.75. The van der Waals surface area contributed by atoms with E-state index in [9.17, 15) is 4.79 Å². The third-order valence-corrected chi connectivity index (χ3v) is 3.75. The molecule has 0 aromatic heterocycles. The largest absolute Gasteiger partial charge is 0.491 e. The lowest BCUT2D eigenvalue weighted by Crippen LogP contribution is -2.25. The van der Waals surface area contributed by atoms with Crippen molar-refractivity contribution in [2.45, 2.75) is 25.7 Å². The van der Waals surface area contributed by atoms with Gasteiger partial charge in [-0.3, -0.25) is 4.79 Å². The molecule has 0 unspecified atom stereocenters. The average molecular weight is 262 g/mol. The predicted octanol–water partition coefficient (Wildman–Crippen LogP) is 2.17. The molecule has 1 fully saturated rings. The van der Waals surface area contributed by atoms with Crippen LogP contribution in [0.1, 0.15) is 25.7 Å². The summed E-state index contributed by atoms with van der Waals surface area (Å²) in [5.41, 5.74) is 7.10. The highest BCUT2D eigenvalue weighted by molar-refractivity contribution is 5.96. The van der Waals surface area contributed by atoms with Gasteiger partial charge in [-0.1, -0.05) is 19.3 Å². The third kappa shape index (κ3) is 2.59. The Kier molecular flexibility index (Phi) is 3.19. The molecule has 2 aliphatic rings. The minimum atomic E-state index is -0.155. The first-order chi connectivity index (χ1) is 9.22. The second-order valence-electron chi connectivity index (χ2n) is 5.16. The highest BCUT2D eigenvalue weighted by Gasteiger charge is 2.20. The first kappa shape index (κ1) is 12.1. The minimum absolute atomic E-state index is 0.0360. The number of fused-ring (bicyclic) bond motifs is 1. The second kappa shape index (κ2) is 4.99. The number of ether oxygens (including phenoxy) is 2. The van der Waals surface area contributed by atoms with E-state index >= 15 is 0 Å². The van der Waals surface area contributed by atoms with Gasteiger partial charge in [0.15, 0.2) is 6.61 Å². The summed E-state index contributed by atoms with van der Waals surface area (Å²) in [5, 5.41) is 2.75. The fourth-order valence-electron chi connectivity index (χ4n) is 2.36. The number of carbonyl (C=O) groups excluding carboxylic acids is 1. The number of nitrogen functional groups attached to an aromatic ring is 1. The molecule has 1 aliphatic heterocycles. The van der Waals surface area contributed by atoms with Crippen molar-refractivity contribution in [2.24, 2.45) is 5.92 Å². The molecule has 1 aliphatic carbocycles. The highest BCUT2D eigenvalue weighted by Crippen LogP contribution is 2.37. The van der Waals surface area contributed by atoms with Crippen LogP contribution in [-0.2, 0) is 4.79 Å². The number of hydrogen-bond donors (Lipinski definition) is 2. The molecular weight excluding hydrogens is 244 g/mol. The zero-order valence-corrected chi connectivity index (χ0v) is 10.8. The molecule has 0 spiro atoms. The summed E-state index contributed by atoms with van der Waals surface area (Å²) in [6.07, 6.45) is 5.04. The van der Waals surface area contributed by atoms with Gasteiger partial charge in [0, 0.05) is 12.1 Å². The summed E-state index contributed by atoms with van der Waals surface area (Å²) >= 11 is 0. The Balaban J connectivity index is 1.66. The maximum Gasteiger partial charge on any atom is 0.262 e. The van der Waals surface area contributed by atoms with Crippen LogP contribution < -0.4 is 20.5 Å². The quantitative estimate of drug-likeness (QED) is 0.815. The molecule has 0 bridgehead atoms. The molecule has 5 heteroatoms. The predicted molar refractivity (Wildman–Crippen MR) is 72.4 cm³/mol. The number of amides is 1. The molecule has 3 rings (SSSR count). The average Bonchev–Trinajstić information content (AvgIpc) is 2.33. The number of hydrogen-bond acceptors (Lipinski definition) is 4. The smallest absolute Gasteiger partial charge is 0.262 e. The molecule has 1 amide bonds. The van der Waals surface area contributed by atoms with E-state index in [4.69, 9.17) is 15.2 Å². The number of benzene rings is 1. The second-order valence-corrected chi connectivity index (χ2v) is 5.16. The molecule has 1 aromatic rings. The van der Waals surface area contributed by atoms with Crippen LogP contribution >= 0.6 is 0 Å². The fraction of sp³-hybridized carbons (Fsp3) is 0.500. The van der Waals surface area contributed by atoms with Crippen LogP contribution in [0.15, 0.2) is 12.1 Å². The standard InChI is InChI=1S/C14H18N2O3/c15-10-6-13-11(16-14(17)8-19-13)7-12(10)18-5-4-9-2-1-3-9/h6-7,9H,1-5,8,15H2,(H,16,17). The maximum absolute atomic E-state index is 11.3. The molecule has 0 saturated heterocycles. The van der Waals surface area contributed by atoms with E-state index in [0.717, 1.165) is 12.3 Å². The van der Waals surface area contributed by atoms with Crippen molar-refractivity contribution in [3.05, 3.63) is 12.1 Å². The summed E-state index contributed by atoms with van der Waals surface area (Å²) in [6, 6.07) is 3.44. The SMILES string of the molecule is Nc1cc2c(cc1OCCC1CCC1)NC(=O)CO2. The number of carbonyl (C=O) groups is 1. The lowest BCUT2D eigenvalue weighted by atomic mass is 9.83. The van der Waals surface area contributed by atoms with E-state index < -0.39 is 0 Å². The van der Waals surface area contributed by atoms with Crippen molar-refractivity contribution >= 4 is 17.3 Å². The molecule has 1 saturated carbocycles. The number of nitrogens with two attached hydrogens (primary N) is 1. The van der Waals surface area contributed by atoms with Crippen LogP contribution in [-0.4, -0.2) is 19.1 Å². The monoisotopic (exact) mass is 262 g/mol. The molecule has 0 atom stereocenters. The Hall–Kier alpha value is -1.91. The summed E-state index contributed by atoms with van der Waals surface area (Å²) in [7, 11) is 0. The molecule has 0 radical (unpaired) electrons. The Morgan fingerprint density at radius 1 is 1.42 bits per heavy atom. The highest BCUT2D eigenvalue weighted by atomic mass is 16.5. The van der Waals surface area contributed by atoms with Gasteiger partial charge in [-0.15, -0.1) is 0 Å². The molecule has 19 heavy (non-hydrogen) atoms. The summed E-state index contributed by atoms with van der Waals surface area (Å²) in [4.78, 5) is 11.3. The molecule has 5 nitrogen and oxygen atoms in total. The molecule has 102 valence electrons. The van der Waals surface area contributed by atoms with Crippen molar-refractivity contribution in [1.29, 1.82) is 0 Å². The van der Waals surface area contributed by atoms with Crippen LogP contribution in [0.3, 0.4) is 0 Å². The normalized spacial score (nSPS) is 18.0. The first-order valence-electron chi connectivity index (χ1n) is 6.71. The zero-order valence-electron chi connectivity index (χ0n) is 10.8. The number of nitrogens with one attached hydrogen (secondary N) is 1. The summed E-state index contributed by atoms with van der Waals surface area (Å²) < 4.78 is 11.0. The topological polar surface area (TPSA) is 73.6 Å². The molecular formula is C14H18N2O3. The van der Waals surface area contributed by atoms with Gasteiger partial charge in [-0.05, 0) is 12.3 Å². The zero-order chi connectivity index (χ0) is 13.2. The minimum Gasteiger partial charge on any atom is -0.491 e. The lowest BCUT2D eigenvalue weighted by Gasteiger charge is -2.25. The van der Waals surface area contributed by atoms with Gasteiger partial charge in [0.2, 0.25) is 0 Å². The van der Waals surface area contributed by atoms with Gasteiger partial charge in [0.1, 0.15) is 11.5 Å². The molecule has 3 N–H and O–H groups in total. The summed E-state index contributed by atoms with van der Waals surface area (Å²) in [5.74, 6) is 1.87. The lowest BCUT2D eigenvalue weighted by molar-refractivity contribution is -0.118. The van der Waals surface area contributed by atoms with E-state index in [-0.39, 0.29) is 12.5 Å². The van der Waals surface area contributed by atoms with Crippen LogP contribution in [0.4, 0.5) is 11.4 Å². The van der Waals surface area contributed by atoms with Crippen molar-refractivity contribution in [2.75, 3.05) is 24.3 Å². The first-order valence-corrected chi connectivity index (χ1v) is 6.71. The number of rotatable bonds is 4. The van der Waals surface area contributed by atoms with Crippen molar-refractivity contribution in [3.63, 3.8) is 0 Å².